The molecule has 2 aliphatic heterocycles. The van der Waals surface area contributed by atoms with E-state index in [0.717, 1.165) is 6.54 Å². The summed E-state index contributed by atoms with van der Waals surface area (Å²) in [7, 11) is 2.00. The Balaban J connectivity index is 1.26. The topological polar surface area (TPSA) is 24.3 Å². The second kappa shape index (κ2) is 7.93. The number of hydrogen-bond donors (Lipinski definition) is 0. The highest BCUT2D eigenvalue weighted by Gasteiger charge is 2.40. The van der Waals surface area contributed by atoms with Crippen LogP contribution in [-0.2, 0) is 20.0 Å². The molecular weight excluding hydrogens is 320 g/mol. The van der Waals surface area contributed by atoms with Crippen molar-refractivity contribution in [1.82, 2.24) is 19.6 Å². The number of nitrogens with zero attached hydrogens (tertiary/aromatic N) is 4. The fourth-order valence-corrected chi connectivity index (χ4v) is 4.96. The first kappa shape index (κ1) is 17.7. The lowest BCUT2D eigenvalue weighted by Crippen LogP contribution is -2.45. The lowest BCUT2D eigenvalue weighted by atomic mass is 9.79. The molecule has 0 radical (unpaired) electrons. The first-order valence-corrected chi connectivity index (χ1v) is 10.2. The Morgan fingerprint density at radius 2 is 1.85 bits per heavy atom. The van der Waals surface area contributed by atoms with Crippen molar-refractivity contribution in [1.29, 1.82) is 0 Å². The average molecular weight is 353 g/mol. The molecule has 0 aliphatic carbocycles. The Morgan fingerprint density at radius 3 is 2.65 bits per heavy atom. The molecule has 0 saturated carbocycles. The molecule has 3 heterocycles. The lowest BCUT2D eigenvalue weighted by molar-refractivity contribution is 0.0911. The van der Waals surface area contributed by atoms with Crippen molar-refractivity contribution in [2.75, 3.05) is 32.7 Å². The van der Waals surface area contributed by atoms with E-state index in [0.29, 0.717) is 5.41 Å². The van der Waals surface area contributed by atoms with Gasteiger partial charge in [-0.1, -0.05) is 30.3 Å². The van der Waals surface area contributed by atoms with Gasteiger partial charge in [0.25, 0.3) is 0 Å². The van der Waals surface area contributed by atoms with Crippen LogP contribution in [0.5, 0.6) is 0 Å². The van der Waals surface area contributed by atoms with Crippen molar-refractivity contribution in [3.63, 3.8) is 0 Å². The van der Waals surface area contributed by atoms with Gasteiger partial charge in [0.15, 0.2) is 0 Å². The molecule has 140 valence electrons. The van der Waals surface area contributed by atoms with Gasteiger partial charge in [0, 0.05) is 38.4 Å². The van der Waals surface area contributed by atoms with E-state index in [2.05, 4.69) is 51.4 Å². The van der Waals surface area contributed by atoms with Crippen molar-refractivity contribution in [2.24, 2.45) is 12.5 Å². The lowest BCUT2D eigenvalue weighted by Gasteiger charge is -2.40. The Hall–Kier alpha value is -1.65. The predicted molar refractivity (Wildman–Crippen MR) is 106 cm³/mol. The minimum absolute atomic E-state index is 0.535. The van der Waals surface area contributed by atoms with Crippen molar-refractivity contribution < 1.29 is 0 Å². The normalized spacial score (nSPS) is 24.5. The summed E-state index contributed by atoms with van der Waals surface area (Å²) in [6.07, 6.45) is 10.8. The molecule has 2 aliphatic rings. The van der Waals surface area contributed by atoms with Crippen LogP contribution < -0.4 is 0 Å². The third kappa shape index (κ3) is 4.36. The zero-order chi connectivity index (χ0) is 17.8. The standard InChI is InChI=1S/C22H32N4/c1-24-16-21(15-23-24)17-26-14-11-22(19-26)10-6-13-25(18-22)12-5-9-20-7-3-2-4-8-20/h2-4,7-8,15-16H,5-6,9-14,17-19H2,1H3. The van der Waals surface area contributed by atoms with Gasteiger partial charge in [0.1, 0.15) is 0 Å². The van der Waals surface area contributed by atoms with E-state index in [-0.39, 0.29) is 0 Å². The van der Waals surface area contributed by atoms with Crippen LogP contribution in [0.15, 0.2) is 42.7 Å². The zero-order valence-corrected chi connectivity index (χ0v) is 16.1. The van der Waals surface area contributed by atoms with Gasteiger partial charge in [0.05, 0.1) is 6.20 Å². The molecule has 1 aromatic carbocycles. The third-order valence-corrected chi connectivity index (χ3v) is 6.20. The predicted octanol–water partition coefficient (Wildman–Crippen LogP) is 3.34. The highest BCUT2D eigenvalue weighted by molar-refractivity contribution is 5.14. The Morgan fingerprint density at radius 1 is 1.00 bits per heavy atom. The molecule has 2 aromatic rings. The minimum Gasteiger partial charge on any atom is -0.303 e. The van der Waals surface area contributed by atoms with Crippen molar-refractivity contribution >= 4 is 0 Å². The summed E-state index contributed by atoms with van der Waals surface area (Å²) in [6, 6.07) is 10.9. The van der Waals surface area contributed by atoms with E-state index in [4.69, 9.17) is 0 Å². The first-order valence-electron chi connectivity index (χ1n) is 10.2. The van der Waals surface area contributed by atoms with Gasteiger partial charge in [-0.3, -0.25) is 9.58 Å². The minimum atomic E-state index is 0.535. The van der Waals surface area contributed by atoms with Gasteiger partial charge in [-0.2, -0.15) is 5.10 Å². The van der Waals surface area contributed by atoms with Crippen LogP contribution in [0.2, 0.25) is 0 Å². The molecule has 2 saturated heterocycles. The van der Waals surface area contributed by atoms with Gasteiger partial charge < -0.3 is 4.90 Å². The number of rotatable bonds is 6. The molecule has 1 atom stereocenters. The summed E-state index contributed by atoms with van der Waals surface area (Å²) in [5.74, 6) is 0. The van der Waals surface area contributed by atoms with Crippen LogP contribution in [0, 0.1) is 5.41 Å². The van der Waals surface area contributed by atoms with E-state index in [1.54, 1.807) is 0 Å². The van der Waals surface area contributed by atoms with Gasteiger partial charge >= 0.3 is 0 Å². The van der Waals surface area contributed by atoms with Crippen molar-refractivity contribution in [3.05, 3.63) is 53.9 Å². The third-order valence-electron chi connectivity index (χ3n) is 6.20. The molecule has 0 amide bonds. The fourth-order valence-electron chi connectivity index (χ4n) is 4.96. The molecule has 4 nitrogen and oxygen atoms in total. The maximum Gasteiger partial charge on any atom is 0.0534 e. The van der Waals surface area contributed by atoms with Gasteiger partial charge in [-0.25, -0.2) is 0 Å². The van der Waals surface area contributed by atoms with Crippen LogP contribution in [0.3, 0.4) is 0 Å². The second-order valence-electron chi connectivity index (χ2n) is 8.45. The first-order chi connectivity index (χ1) is 12.7. The Labute approximate surface area is 157 Å². The maximum absolute atomic E-state index is 4.32. The summed E-state index contributed by atoms with van der Waals surface area (Å²) >= 11 is 0. The average Bonchev–Trinajstić information content (AvgIpc) is 3.22. The second-order valence-corrected chi connectivity index (χ2v) is 8.45. The number of aryl methyl sites for hydroxylation is 2. The van der Waals surface area contributed by atoms with Gasteiger partial charge in [-0.15, -0.1) is 0 Å². The summed E-state index contributed by atoms with van der Waals surface area (Å²) in [5, 5.41) is 4.32. The SMILES string of the molecule is Cn1cc(CN2CCC3(CCCN(CCCc4ccccc4)C3)C2)cn1. The van der Waals surface area contributed by atoms with E-state index in [9.17, 15) is 0 Å². The molecular formula is C22H32N4. The van der Waals surface area contributed by atoms with Crippen LogP contribution >= 0.6 is 0 Å². The highest BCUT2D eigenvalue weighted by Crippen LogP contribution is 2.39. The summed E-state index contributed by atoms with van der Waals surface area (Å²) in [6.45, 7) is 7.40. The molecule has 4 heteroatoms. The van der Waals surface area contributed by atoms with Crippen molar-refractivity contribution in [3.8, 4) is 0 Å². The molecule has 2 fully saturated rings. The summed E-state index contributed by atoms with van der Waals surface area (Å²) in [4.78, 5) is 5.38. The Bertz CT molecular complexity index is 695. The van der Waals surface area contributed by atoms with E-state index >= 15 is 0 Å². The van der Waals surface area contributed by atoms with Crippen LogP contribution in [0.25, 0.3) is 0 Å². The molecule has 0 N–H and O–H groups in total. The van der Waals surface area contributed by atoms with Crippen LogP contribution in [0.1, 0.15) is 36.8 Å². The molecule has 1 aromatic heterocycles. The van der Waals surface area contributed by atoms with Crippen LogP contribution in [0.4, 0.5) is 0 Å². The number of benzene rings is 1. The number of piperidine rings is 1. The van der Waals surface area contributed by atoms with E-state index < -0.39 is 0 Å². The number of aromatic nitrogens is 2. The molecule has 1 unspecified atom stereocenters. The smallest absolute Gasteiger partial charge is 0.0534 e. The van der Waals surface area contributed by atoms with Crippen LogP contribution in [-0.4, -0.2) is 52.3 Å². The van der Waals surface area contributed by atoms with Crippen molar-refractivity contribution in [2.45, 2.75) is 38.6 Å². The van der Waals surface area contributed by atoms with E-state index in [1.807, 2.05) is 17.9 Å². The monoisotopic (exact) mass is 352 g/mol. The summed E-state index contributed by atoms with van der Waals surface area (Å²) in [5.41, 5.74) is 3.36. The highest BCUT2D eigenvalue weighted by atomic mass is 15.3. The molecule has 4 rings (SSSR count). The number of hydrogen-bond acceptors (Lipinski definition) is 3. The van der Waals surface area contributed by atoms with Gasteiger partial charge in [0.2, 0.25) is 0 Å². The molecule has 1 spiro atoms. The fraction of sp³-hybridized carbons (Fsp3) is 0.591. The number of likely N-dealkylation sites (tertiary alicyclic amines) is 2. The van der Waals surface area contributed by atoms with Gasteiger partial charge in [-0.05, 0) is 62.7 Å². The quantitative estimate of drug-likeness (QED) is 0.797. The molecule has 0 bridgehead atoms. The Kier molecular flexibility index (Phi) is 5.41. The summed E-state index contributed by atoms with van der Waals surface area (Å²) < 4.78 is 1.91. The maximum atomic E-state index is 4.32. The zero-order valence-electron chi connectivity index (χ0n) is 16.1. The largest absolute Gasteiger partial charge is 0.303 e. The van der Waals surface area contributed by atoms with E-state index in [1.165, 1.54) is 76.0 Å². The molecule has 26 heavy (non-hydrogen) atoms.